The molecule has 5 nitrogen and oxygen atoms in total. The van der Waals surface area contributed by atoms with Crippen molar-refractivity contribution in [1.82, 2.24) is 9.88 Å². The van der Waals surface area contributed by atoms with Crippen molar-refractivity contribution in [2.75, 3.05) is 18.9 Å². The first-order valence-electron chi connectivity index (χ1n) is 8.37. The molecule has 0 aliphatic rings. The Morgan fingerprint density at radius 2 is 2.00 bits per heavy atom. The van der Waals surface area contributed by atoms with Crippen molar-refractivity contribution in [3.63, 3.8) is 0 Å². The summed E-state index contributed by atoms with van der Waals surface area (Å²) in [7, 11) is 2.03. The maximum absolute atomic E-state index is 12.2. The topological polar surface area (TPSA) is 54.5 Å². The first-order chi connectivity index (χ1) is 12.7. The van der Waals surface area contributed by atoms with Gasteiger partial charge >= 0.3 is 6.09 Å². The molecule has 0 saturated carbocycles. The number of para-hydroxylation sites is 1. The molecule has 0 atom stereocenters. The fourth-order valence-corrected chi connectivity index (χ4v) is 2.77. The summed E-state index contributed by atoms with van der Waals surface area (Å²) in [6.07, 6.45) is 3.02. The normalized spacial score (nSPS) is 10.7. The number of carbonyl (C=O) groups excluding carboxylic acids is 1. The zero-order valence-corrected chi connectivity index (χ0v) is 14.7. The van der Waals surface area contributed by atoms with E-state index in [-0.39, 0.29) is 0 Å². The SMILES string of the molecule is C=CCN(C)Cc1ccc(OC(=O)Nc2ccccc2)c2ncccc12. The average molecular weight is 347 g/mol. The minimum atomic E-state index is -0.542. The second-order valence-electron chi connectivity index (χ2n) is 5.99. The highest BCUT2D eigenvalue weighted by Gasteiger charge is 2.13. The predicted octanol–water partition coefficient (Wildman–Crippen LogP) is 4.46. The van der Waals surface area contributed by atoms with Crippen LogP contribution in [-0.2, 0) is 6.54 Å². The molecule has 0 radical (unpaired) electrons. The molecule has 1 N–H and O–H groups in total. The number of aromatic nitrogens is 1. The van der Waals surface area contributed by atoms with Crippen LogP contribution in [0.1, 0.15) is 5.56 Å². The number of pyridine rings is 1. The number of benzene rings is 2. The molecule has 132 valence electrons. The first-order valence-corrected chi connectivity index (χ1v) is 8.37. The van der Waals surface area contributed by atoms with Crippen LogP contribution < -0.4 is 10.1 Å². The molecule has 3 aromatic rings. The van der Waals surface area contributed by atoms with Crippen LogP contribution in [-0.4, -0.2) is 29.6 Å². The zero-order chi connectivity index (χ0) is 18.4. The number of nitrogens with zero attached hydrogens (tertiary/aromatic N) is 2. The first kappa shape index (κ1) is 17.6. The molecule has 2 aromatic carbocycles. The number of anilines is 1. The van der Waals surface area contributed by atoms with Gasteiger partial charge in [0, 0.05) is 30.4 Å². The minimum absolute atomic E-state index is 0.434. The number of fused-ring (bicyclic) bond motifs is 1. The van der Waals surface area contributed by atoms with Crippen molar-refractivity contribution in [1.29, 1.82) is 0 Å². The van der Waals surface area contributed by atoms with Crippen LogP contribution in [0.2, 0.25) is 0 Å². The summed E-state index contributed by atoms with van der Waals surface area (Å²) in [5, 5.41) is 3.68. The van der Waals surface area contributed by atoms with Crippen molar-refractivity contribution in [2.45, 2.75) is 6.54 Å². The van der Waals surface area contributed by atoms with E-state index in [1.165, 1.54) is 0 Å². The van der Waals surface area contributed by atoms with Gasteiger partial charge in [-0.1, -0.05) is 36.4 Å². The number of carbonyl (C=O) groups is 1. The van der Waals surface area contributed by atoms with E-state index in [0.29, 0.717) is 17.0 Å². The van der Waals surface area contributed by atoms with Gasteiger partial charge in [0.05, 0.1) is 0 Å². The molecule has 0 bridgehead atoms. The van der Waals surface area contributed by atoms with Crippen LogP contribution in [0.4, 0.5) is 10.5 Å². The molecule has 0 spiro atoms. The Bertz CT molecular complexity index is 910. The van der Waals surface area contributed by atoms with Gasteiger partial charge in [0.25, 0.3) is 0 Å². The molecule has 0 saturated heterocycles. The van der Waals surface area contributed by atoms with Crippen molar-refractivity contribution in [3.8, 4) is 5.75 Å². The van der Waals surface area contributed by atoms with Gasteiger partial charge in [0.2, 0.25) is 0 Å². The van der Waals surface area contributed by atoms with Gasteiger partial charge in [-0.15, -0.1) is 6.58 Å². The van der Waals surface area contributed by atoms with Crippen molar-refractivity contribution in [3.05, 3.63) is 79.0 Å². The van der Waals surface area contributed by atoms with Gasteiger partial charge < -0.3 is 4.74 Å². The Morgan fingerprint density at radius 1 is 1.19 bits per heavy atom. The Kier molecular flexibility index (Phi) is 5.61. The molecular formula is C21H21N3O2. The number of hydrogen-bond acceptors (Lipinski definition) is 4. The van der Waals surface area contributed by atoms with Crippen molar-refractivity contribution < 1.29 is 9.53 Å². The number of hydrogen-bond donors (Lipinski definition) is 1. The Balaban J connectivity index is 1.83. The zero-order valence-electron chi connectivity index (χ0n) is 14.7. The van der Waals surface area contributed by atoms with Crippen molar-refractivity contribution >= 4 is 22.7 Å². The molecular weight excluding hydrogens is 326 g/mol. The molecule has 3 rings (SSSR count). The van der Waals surface area contributed by atoms with Gasteiger partial charge in [0.15, 0.2) is 5.75 Å². The largest absolute Gasteiger partial charge is 0.417 e. The molecule has 1 aromatic heterocycles. The van der Waals surface area contributed by atoms with Crippen LogP contribution in [0.5, 0.6) is 5.75 Å². The third kappa shape index (κ3) is 4.26. The average Bonchev–Trinajstić information content (AvgIpc) is 2.65. The summed E-state index contributed by atoms with van der Waals surface area (Å²) in [5.74, 6) is 0.434. The fraction of sp³-hybridized carbons (Fsp3) is 0.143. The fourth-order valence-electron chi connectivity index (χ4n) is 2.77. The Labute approximate surface area is 152 Å². The van der Waals surface area contributed by atoms with E-state index in [0.717, 1.165) is 24.0 Å². The maximum atomic E-state index is 12.2. The second-order valence-corrected chi connectivity index (χ2v) is 5.99. The van der Waals surface area contributed by atoms with Crippen LogP contribution in [0, 0.1) is 0 Å². The lowest BCUT2D eigenvalue weighted by Gasteiger charge is -2.17. The summed E-state index contributed by atoms with van der Waals surface area (Å²) < 4.78 is 5.50. The second kappa shape index (κ2) is 8.27. The Morgan fingerprint density at radius 3 is 2.77 bits per heavy atom. The quantitative estimate of drug-likeness (QED) is 0.669. The van der Waals surface area contributed by atoms with Crippen LogP contribution in [0.25, 0.3) is 10.9 Å². The van der Waals surface area contributed by atoms with E-state index in [1.54, 1.807) is 24.4 Å². The van der Waals surface area contributed by atoms with E-state index in [2.05, 4.69) is 21.8 Å². The maximum Gasteiger partial charge on any atom is 0.417 e. The third-order valence-corrected chi connectivity index (χ3v) is 3.93. The molecule has 1 heterocycles. The minimum Gasteiger partial charge on any atom is -0.408 e. The molecule has 0 unspecified atom stereocenters. The third-order valence-electron chi connectivity index (χ3n) is 3.93. The lowest BCUT2D eigenvalue weighted by molar-refractivity contribution is 0.215. The van der Waals surface area contributed by atoms with Crippen LogP contribution >= 0.6 is 0 Å². The standard InChI is InChI=1S/C21H21N3O2/c1-3-14-24(2)15-16-11-12-19(20-18(16)10-7-13-22-20)26-21(25)23-17-8-5-4-6-9-17/h3-13H,1,14-15H2,2H3,(H,23,25). The highest BCUT2D eigenvalue weighted by atomic mass is 16.6. The van der Waals surface area contributed by atoms with Gasteiger partial charge in [-0.05, 0) is 36.9 Å². The number of amides is 1. The summed E-state index contributed by atoms with van der Waals surface area (Å²) in [6.45, 7) is 5.31. The monoisotopic (exact) mass is 347 g/mol. The summed E-state index contributed by atoms with van der Waals surface area (Å²) in [6, 6.07) is 16.8. The predicted molar refractivity (Wildman–Crippen MR) is 104 cm³/mol. The molecule has 5 heteroatoms. The van der Waals surface area contributed by atoms with E-state index in [1.807, 2.05) is 49.5 Å². The lowest BCUT2D eigenvalue weighted by atomic mass is 10.1. The number of likely N-dealkylation sites (N-methyl/N-ethyl adjacent to an activating group) is 1. The highest BCUT2D eigenvalue weighted by molar-refractivity contribution is 5.92. The molecule has 26 heavy (non-hydrogen) atoms. The number of rotatable bonds is 6. The van der Waals surface area contributed by atoms with E-state index < -0.39 is 6.09 Å². The molecule has 0 aliphatic heterocycles. The highest BCUT2D eigenvalue weighted by Crippen LogP contribution is 2.27. The molecule has 0 fully saturated rings. The number of nitrogens with one attached hydrogen (secondary N) is 1. The van der Waals surface area contributed by atoms with E-state index in [4.69, 9.17) is 4.74 Å². The van der Waals surface area contributed by atoms with Gasteiger partial charge in [-0.25, -0.2) is 4.79 Å². The number of ether oxygens (including phenoxy) is 1. The van der Waals surface area contributed by atoms with Crippen molar-refractivity contribution in [2.24, 2.45) is 0 Å². The van der Waals surface area contributed by atoms with Crippen LogP contribution in [0.3, 0.4) is 0 Å². The van der Waals surface area contributed by atoms with E-state index >= 15 is 0 Å². The smallest absolute Gasteiger partial charge is 0.408 e. The van der Waals surface area contributed by atoms with E-state index in [9.17, 15) is 4.79 Å². The van der Waals surface area contributed by atoms with Gasteiger partial charge in [-0.2, -0.15) is 0 Å². The summed E-state index contributed by atoms with van der Waals surface area (Å²) in [5.41, 5.74) is 2.46. The van der Waals surface area contributed by atoms with Crippen LogP contribution in [0.15, 0.2) is 73.4 Å². The lowest BCUT2D eigenvalue weighted by Crippen LogP contribution is -2.18. The summed E-state index contributed by atoms with van der Waals surface area (Å²) >= 11 is 0. The van der Waals surface area contributed by atoms with Gasteiger partial charge in [-0.3, -0.25) is 15.2 Å². The van der Waals surface area contributed by atoms with Gasteiger partial charge in [0.1, 0.15) is 5.52 Å². The molecule has 0 aliphatic carbocycles. The molecule has 1 amide bonds. The Hall–Kier alpha value is -3.18. The summed E-state index contributed by atoms with van der Waals surface area (Å²) in [4.78, 5) is 18.8.